The van der Waals surface area contributed by atoms with E-state index in [4.69, 9.17) is 55.3 Å². The highest BCUT2D eigenvalue weighted by Gasteiger charge is 2.29. The lowest BCUT2D eigenvalue weighted by Crippen LogP contribution is -2.11. The fourth-order valence-corrected chi connectivity index (χ4v) is 6.76. The third-order valence-corrected chi connectivity index (χ3v) is 9.13. The average Bonchev–Trinajstić information content (AvgIpc) is 3.83. The largest absolute Gasteiger partial charge is 0.493 e. The Labute approximate surface area is 343 Å². The summed E-state index contributed by atoms with van der Waals surface area (Å²) >= 11 is 0. The molecule has 0 amide bonds. The Bertz CT molecular complexity index is 2700. The van der Waals surface area contributed by atoms with Crippen LogP contribution in [0.1, 0.15) is 83.0 Å². The first kappa shape index (κ1) is 43.0. The molecule has 19 heteroatoms. The van der Waals surface area contributed by atoms with Crippen LogP contribution in [0.5, 0.6) is 34.5 Å². The number of fused-ring (bicyclic) bond motifs is 3. The van der Waals surface area contributed by atoms with E-state index in [2.05, 4.69) is 0 Å². The molecule has 0 atom stereocenters. The third-order valence-electron chi connectivity index (χ3n) is 8.74. The number of carbonyl (C=O) groups excluding carboxylic acids is 3. The predicted octanol–water partition coefficient (Wildman–Crippen LogP) is 7.91. The van der Waals surface area contributed by atoms with Crippen LogP contribution in [0.15, 0.2) is 49.6 Å². The fraction of sp³-hybridized carbons (Fsp3) is 0.341. The minimum atomic E-state index is -5.00. The van der Waals surface area contributed by atoms with Gasteiger partial charge in [0.15, 0.2) is 46.0 Å². The molecule has 6 rings (SSSR count). The van der Waals surface area contributed by atoms with Crippen LogP contribution < -0.4 is 27.9 Å². The van der Waals surface area contributed by atoms with Gasteiger partial charge < -0.3 is 55.3 Å². The second kappa shape index (κ2) is 17.7. The molecular formula is C41H42O18S. The summed E-state index contributed by atoms with van der Waals surface area (Å²) in [5, 5.41) is 0.761. The van der Waals surface area contributed by atoms with Gasteiger partial charge in [-0.05, 0) is 59.7 Å². The Morgan fingerprint density at radius 2 is 1.00 bits per heavy atom. The van der Waals surface area contributed by atoms with Crippen LogP contribution in [0.3, 0.4) is 0 Å². The lowest BCUT2D eigenvalue weighted by molar-refractivity contribution is 0.0513. The molecule has 0 aliphatic heterocycles. The molecule has 0 aliphatic carbocycles. The number of rotatable bonds is 18. The summed E-state index contributed by atoms with van der Waals surface area (Å²) in [6, 6.07) is 8.58. The molecule has 3 aromatic carbocycles. The number of methoxy groups -OCH3 is 2. The van der Waals surface area contributed by atoms with E-state index >= 15 is 0 Å². The molecule has 0 aliphatic rings. The Morgan fingerprint density at radius 3 is 1.42 bits per heavy atom. The minimum absolute atomic E-state index is 0.0125. The SMILES string of the molecule is CCOC(=O)c1c(C)oc2cc(OC)c(OCc3oc4cc(OC)c(OCc5oc6cc(OC(C)C)c(OS(=O)(=O)O)cc6c5C(=O)OCC)cc4c3C(=O)OCC)cc12. The van der Waals surface area contributed by atoms with Gasteiger partial charge in [-0.15, -0.1) is 0 Å². The zero-order chi connectivity index (χ0) is 43.5. The molecule has 3 aromatic heterocycles. The first-order chi connectivity index (χ1) is 28.6. The molecule has 6 aromatic rings. The Hall–Kier alpha value is -6.60. The van der Waals surface area contributed by atoms with Crippen molar-refractivity contribution >= 4 is 61.2 Å². The third kappa shape index (κ3) is 8.86. The Kier molecular flexibility index (Phi) is 12.7. The van der Waals surface area contributed by atoms with Gasteiger partial charge in [-0.25, -0.2) is 14.4 Å². The van der Waals surface area contributed by atoms with E-state index in [9.17, 15) is 27.4 Å². The lowest BCUT2D eigenvalue weighted by atomic mass is 10.1. The van der Waals surface area contributed by atoms with Crippen LogP contribution in [0, 0.1) is 6.92 Å². The van der Waals surface area contributed by atoms with Gasteiger partial charge in [0.1, 0.15) is 52.4 Å². The molecular weight excluding hydrogens is 813 g/mol. The molecule has 1 N–H and O–H groups in total. The number of benzene rings is 3. The minimum Gasteiger partial charge on any atom is -0.493 e. The maximum Gasteiger partial charge on any atom is 0.446 e. The molecule has 0 bridgehead atoms. The molecule has 320 valence electrons. The van der Waals surface area contributed by atoms with Gasteiger partial charge in [0.2, 0.25) is 0 Å². The molecule has 0 spiro atoms. The molecule has 0 fully saturated rings. The smallest absolute Gasteiger partial charge is 0.446 e. The van der Waals surface area contributed by atoms with Crippen LogP contribution in [-0.4, -0.2) is 71.0 Å². The van der Waals surface area contributed by atoms with E-state index in [0.717, 1.165) is 6.07 Å². The zero-order valence-electron chi connectivity index (χ0n) is 33.9. The second-order valence-electron chi connectivity index (χ2n) is 13.0. The number of esters is 3. The highest BCUT2D eigenvalue weighted by Crippen LogP contribution is 2.42. The lowest BCUT2D eigenvalue weighted by Gasteiger charge is -2.13. The van der Waals surface area contributed by atoms with Crippen molar-refractivity contribution in [2.75, 3.05) is 34.0 Å². The van der Waals surface area contributed by atoms with E-state index in [1.165, 1.54) is 32.4 Å². The first-order valence-corrected chi connectivity index (χ1v) is 19.9. The van der Waals surface area contributed by atoms with E-state index < -0.39 is 46.8 Å². The molecule has 0 radical (unpaired) electrons. The molecule has 0 saturated heterocycles. The van der Waals surface area contributed by atoms with Gasteiger partial charge in [-0.1, -0.05) is 0 Å². The maximum atomic E-state index is 13.5. The quantitative estimate of drug-likeness (QED) is 0.0492. The number of hydrogen-bond acceptors (Lipinski definition) is 17. The standard InChI is InChI=1S/C41H42O18S/c1-9-50-39(42)36-21(6)56-25-15-28(48-7)30(12-22(25)36)53-18-34-37(40(43)51-10-2)23-13-31(29(49-8)16-26(23)57-34)54-19-35-38(41(44)52-11-3)24-14-33(59-60(45,46)47)32(55-20(4)5)17-27(24)58-35/h12-17,20H,9-11,18-19H2,1-8H3,(H,45,46,47). The van der Waals surface area contributed by atoms with Crippen molar-refractivity contribution in [3.05, 3.63) is 70.4 Å². The predicted molar refractivity (Wildman–Crippen MR) is 211 cm³/mol. The highest BCUT2D eigenvalue weighted by atomic mass is 32.3. The summed E-state index contributed by atoms with van der Waals surface area (Å²) < 4.78 is 101. The summed E-state index contributed by atoms with van der Waals surface area (Å²) in [4.78, 5) is 39.6. The number of carbonyl (C=O) groups is 3. The van der Waals surface area contributed by atoms with Crippen molar-refractivity contribution in [3.63, 3.8) is 0 Å². The van der Waals surface area contributed by atoms with E-state index in [1.807, 2.05) is 0 Å². The van der Waals surface area contributed by atoms with Crippen molar-refractivity contribution < 1.29 is 82.7 Å². The summed E-state index contributed by atoms with van der Waals surface area (Å²) in [5.74, 6) is -1.52. The molecule has 60 heavy (non-hydrogen) atoms. The maximum absolute atomic E-state index is 13.5. The molecule has 0 saturated carbocycles. The van der Waals surface area contributed by atoms with Crippen molar-refractivity contribution in [1.82, 2.24) is 0 Å². The van der Waals surface area contributed by atoms with Crippen molar-refractivity contribution in [1.29, 1.82) is 0 Å². The van der Waals surface area contributed by atoms with Crippen LogP contribution >= 0.6 is 0 Å². The fourth-order valence-electron chi connectivity index (χ4n) is 6.41. The van der Waals surface area contributed by atoms with Crippen LogP contribution in [0.4, 0.5) is 0 Å². The Balaban J connectivity index is 1.39. The van der Waals surface area contributed by atoms with Crippen molar-refractivity contribution in [2.24, 2.45) is 0 Å². The van der Waals surface area contributed by atoms with Gasteiger partial charge in [-0.2, -0.15) is 8.42 Å². The summed E-state index contributed by atoms with van der Waals surface area (Å²) in [5.41, 5.74) is 0.786. The summed E-state index contributed by atoms with van der Waals surface area (Å²) in [6.07, 6.45) is -0.449. The number of aryl methyl sites for hydroxylation is 1. The zero-order valence-corrected chi connectivity index (χ0v) is 34.7. The number of hydrogen-bond donors (Lipinski definition) is 1. The second-order valence-corrected chi connectivity index (χ2v) is 14.1. The van der Waals surface area contributed by atoms with E-state index in [-0.39, 0.29) is 105 Å². The summed E-state index contributed by atoms with van der Waals surface area (Å²) in [6.45, 7) is 9.42. The van der Waals surface area contributed by atoms with E-state index in [1.54, 1.807) is 53.7 Å². The van der Waals surface area contributed by atoms with Crippen LogP contribution in [0.2, 0.25) is 0 Å². The van der Waals surface area contributed by atoms with Gasteiger partial charge in [0.25, 0.3) is 0 Å². The normalized spacial score (nSPS) is 11.6. The van der Waals surface area contributed by atoms with Gasteiger partial charge in [0.05, 0.1) is 40.1 Å². The average molecular weight is 855 g/mol. The summed E-state index contributed by atoms with van der Waals surface area (Å²) in [7, 11) is -2.18. The van der Waals surface area contributed by atoms with Crippen LogP contribution in [0.25, 0.3) is 32.9 Å². The molecule has 3 heterocycles. The van der Waals surface area contributed by atoms with Gasteiger partial charge in [0, 0.05) is 34.4 Å². The highest BCUT2D eigenvalue weighted by molar-refractivity contribution is 7.81. The number of furan rings is 3. The van der Waals surface area contributed by atoms with Gasteiger partial charge >= 0.3 is 28.3 Å². The molecule has 0 unspecified atom stereocenters. The topological polar surface area (TPSA) is 228 Å². The number of ether oxygens (including phenoxy) is 8. The van der Waals surface area contributed by atoms with Crippen LogP contribution in [-0.2, 0) is 37.8 Å². The monoisotopic (exact) mass is 854 g/mol. The van der Waals surface area contributed by atoms with Crippen molar-refractivity contribution in [2.45, 2.75) is 60.9 Å². The molecule has 18 nitrogen and oxygen atoms in total. The van der Waals surface area contributed by atoms with Gasteiger partial charge in [-0.3, -0.25) is 4.55 Å². The Morgan fingerprint density at radius 1 is 0.600 bits per heavy atom. The van der Waals surface area contributed by atoms with E-state index in [0.29, 0.717) is 16.7 Å². The van der Waals surface area contributed by atoms with Crippen molar-refractivity contribution in [3.8, 4) is 34.5 Å². The first-order valence-electron chi connectivity index (χ1n) is 18.5.